The Bertz CT molecular complexity index is 595. The van der Waals surface area contributed by atoms with Crippen molar-refractivity contribution in [3.63, 3.8) is 0 Å². The molecule has 2 aromatic carbocycles. The molecule has 1 heterocycles. The zero-order valence-corrected chi connectivity index (χ0v) is 9.03. The summed E-state index contributed by atoms with van der Waals surface area (Å²) in [5, 5.41) is 0.702. The van der Waals surface area contributed by atoms with E-state index in [1.807, 2.05) is 36.4 Å². The Morgan fingerprint density at radius 3 is 2.69 bits per heavy atom. The van der Waals surface area contributed by atoms with Crippen LogP contribution in [0.4, 0.5) is 0 Å². The third-order valence-electron chi connectivity index (χ3n) is 2.32. The van der Waals surface area contributed by atoms with Gasteiger partial charge in [0, 0.05) is 10.6 Å². The van der Waals surface area contributed by atoms with E-state index in [0.29, 0.717) is 10.9 Å². The van der Waals surface area contributed by atoms with Gasteiger partial charge in [-0.1, -0.05) is 17.7 Å². The number of hydrogen-bond donors (Lipinski definition) is 0. The number of aromatic nitrogens is 1. The molecule has 0 saturated carbocycles. The molecular weight excluding hydrogens is 222 g/mol. The van der Waals surface area contributed by atoms with Crippen LogP contribution in [0.5, 0.6) is 0 Å². The highest BCUT2D eigenvalue weighted by atomic mass is 35.5. The van der Waals surface area contributed by atoms with Crippen LogP contribution < -0.4 is 0 Å². The second kappa shape index (κ2) is 3.65. The molecule has 1 radical (unpaired) electrons. The Morgan fingerprint density at radius 1 is 1.12 bits per heavy atom. The molecule has 0 aliphatic carbocycles. The van der Waals surface area contributed by atoms with Gasteiger partial charge in [0.2, 0.25) is 5.89 Å². The fourth-order valence-corrected chi connectivity index (χ4v) is 1.66. The van der Waals surface area contributed by atoms with E-state index in [2.05, 4.69) is 11.1 Å². The standard InChI is InChI=1S/C13H7ClNO/c14-10-7-5-9(6-8-10)13-15-11-3-1-2-4-12(11)16-13/h1,3-8H. The number of oxazole rings is 1. The van der Waals surface area contributed by atoms with Gasteiger partial charge in [-0.2, -0.15) is 0 Å². The second-order valence-corrected chi connectivity index (χ2v) is 3.86. The van der Waals surface area contributed by atoms with E-state index in [1.54, 1.807) is 6.07 Å². The first-order chi connectivity index (χ1) is 7.83. The molecule has 3 heteroatoms. The topological polar surface area (TPSA) is 26.0 Å². The second-order valence-electron chi connectivity index (χ2n) is 3.42. The molecule has 0 saturated heterocycles. The van der Waals surface area contributed by atoms with Crippen molar-refractivity contribution in [2.75, 3.05) is 0 Å². The Hall–Kier alpha value is -1.80. The number of fused-ring (bicyclic) bond motifs is 1. The van der Waals surface area contributed by atoms with Crippen molar-refractivity contribution in [1.29, 1.82) is 0 Å². The van der Waals surface area contributed by atoms with Gasteiger partial charge in [-0.05, 0) is 42.5 Å². The van der Waals surface area contributed by atoms with Crippen LogP contribution in [0.1, 0.15) is 0 Å². The molecule has 77 valence electrons. The van der Waals surface area contributed by atoms with Gasteiger partial charge in [0.1, 0.15) is 5.52 Å². The molecule has 0 amide bonds. The van der Waals surface area contributed by atoms with E-state index < -0.39 is 0 Å². The molecule has 3 rings (SSSR count). The number of benzene rings is 2. The van der Waals surface area contributed by atoms with Crippen molar-refractivity contribution in [3.8, 4) is 11.5 Å². The molecule has 1 aromatic heterocycles. The fourth-order valence-electron chi connectivity index (χ4n) is 1.53. The monoisotopic (exact) mass is 228 g/mol. The van der Waals surface area contributed by atoms with Crippen LogP contribution in [-0.4, -0.2) is 4.98 Å². The van der Waals surface area contributed by atoms with Crippen LogP contribution in [0.2, 0.25) is 5.02 Å². The SMILES string of the molecule is Clc1ccc(-c2nc3cc[c]cc3o2)cc1. The number of rotatable bonds is 1. The lowest BCUT2D eigenvalue weighted by Crippen LogP contribution is -1.75. The van der Waals surface area contributed by atoms with Gasteiger partial charge in [-0.3, -0.25) is 0 Å². The lowest BCUT2D eigenvalue weighted by atomic mass is 10.2. The zero-order valence-electron chi connectivity index (χ0n) is 8.27. The quantitative estimate of drug-likeness (QED) is 0.630. The van der Waals surface area contributed by atoms with Gasteiger partial charge in [-0.25, -0.2) is 4.98 Å². The van der Waals surface area contributed by atoms with Crippen LogP contribution in [0.15, 0.2) is 46.9 Å². The van der Waals surface area contributed by atoms with E-state index in [9.17, 15) is 0 Å². The summed E-state index contributed by atoms with van der Waals surface area (Å²) in [6.45, 7) is 0. The van der Waals surface area contributed by atoms with Crippen LogP contribution in [0.3, 0.4) is 0 Å². The van der Waals surface area contributed by atoms with Crippen LogP contribution in [0, 0.1) is 6.07 Å². The van der Waals surface area contributed by atoms with E-state index in [1.165, 1.54) is 0 Å². The van der Waals surface area contributed by atoms with Gasteiger partial charge >= 0.3 is 0 Å². The summed E-state index contributed by atoms with van der Waals surface area (Å²) >= 11 is 5.82. The minimum atomic E-state index is 0.603. The first-order valence-electron chi connectivity index (χ1n) is 4.85. The van der Waals surface area contributed by atoms with Gasteiger partial charge in [0.15, 0.2) is 5.58 Å². The summed E-state index contributed by atoms with van der Waals surface area (Å²) in [4.78, 5) is 4.38. The lowest BCUT2D eigenvalue weighted by molar-refractivity contribution is 0.620. The van der Waals surface area contributed by atoms with E-state index in [0.717, 1.165) is 16.7 Å². The summed E-state index contributed by atoms with van der Waals surface area (Å²) in [6, 6.07) is 15.8. The van der Waals surface area contributed by atoms with Crippen molar-refractivity contribution >= 4 is 22.7 Å². The molecular formula is C13H7ClNO. The molecule has 3 aromatic rings. The maximum Gasteiger partial charge on any atom is 0.227 e. The molecule has 0 spiro atoms. The summed E-state index contributed by atoms with van der Waals surface area (Å²) in [6.07, 6.45) is 0. The van der Waals surface area contributed by atoms with E-state index in [-0.39, 0.29) is 0 Å². The minimum Gasteiger partial charge on any atom is -0.436 e. The van der Waals surface area contributed by atoms with Gasteiger partial charge in [0.25, 0.3) is 0 Å². The highest BCUT2D eigenvalue weighted by Gasteiger charge is 2.06. The molecule has 0 aliphatic rings. The zero-order chi connectivity index (χ0) is 11.0. The Kier molecular flexibility index (Phi) is 2.15. The van der Waals surface area contributed by atoms with E-state index >= 15 is 0 Å². The molecule has 0 aliphatic heterocycles. The summed E-state index contributed by atoms with van der Waals surface area (Å²) < 4.78 is 5.61. The molecule has 16 heavy (non-hydrogen) atoms. The Labute approximate surface area is 97.5 Å². The normalized spacial score (nSPS) is 10.8. The predicted molar refractivity (Wildman–Crippen MR) is 63.3 cm³/mol. The third kappa shape index (κ3) is 1.57. The van der Waals surface area contributed by atoms with Crippen molar-refractivity contribution in [2.45, 2.75) is 0 Å². The van der Waals surface area contributed by atoms with Gasteiger partial charge < -0.3 is 4.42 Å². The van der Waals surface area contributed by atoms with Crippen molar-refractivity contribution < 1.29 is 4.42 Å². The maximum atomic E-state index is 5.82. The van der Waals surface area contributed by atoms with Crippen LogP contribution >= 0.6 is 11.6 Å². The lowest BCUT2D eigenvalue weighted by Gasteiger charge is -1.94. The predicted octanol–water partition coefficient (Wildman–Crippen LogP) is 3.95. The van der Waals surface area contributed by atoms with Crippen molar-refractivity contribution in [3.05, 3.63) is 53.6 Å². The minimum absolute atomic E-state index is 0.603. The van der Waals surface area contributed by atoms with Gasteiger partial charge in [0.05, 0.1) is 0 Å². The van der Waals surface area contributed by atoms with Crippen LogP contribution in [-0.2, 0) is 0 Å². The van der Waals surface area contributed by atoms with E-state index in [4.69, 9.17) is 16.0 Å². The van der Waals surface area contributed by atoms with Crippen LogP contribution in [0.25, 0.3) is 22.6 Å². The molecule has 0 fully saturated rings. The molecule has 0 unspecified atom stereocenters. The number of halogens is 1. The first-order valence-corrected chi connectivity index (χ1v) is 5.23. The Balaban J connectivity index is 2.15. The average molecular weight is 229 g/mol. The molecule has 0 N–H and O–H groups in total. The molecule has 0 atom stereocenters. The van der Waals surface area contributed by atoms with Crippen molar-refractivity contribution in [2.24, 2.45) is 0 Å². The summed E-state index contributed by atoms with van der Waals surface area (Å²) in [5.41, 5.74) is 2.50. The largest absolute Gasteiger partial charge is 0.436 e. The van der Waals surface area contributed by atoms with Gasteiger partial charge in [-0.15, -0.1) is 0 Å². The highest BCUT2D eigenvalue weighted by Crippen LogP contribution is 2.24. The average Bonchev–Trinajstić information content (AvgIpc) is 2.73. The highest BCUT2D eigenvalue weighted by molar-refractivity contribution is 6.30. The summed E-state index contributed by atoms with van der Waals surface area (Å²) in [7, 11) is 0. The maximum absolute atomic E-state index is 5.82. The number of hydrogen-bond acceptors (Lipinski definition) is 2. The summed E-state index contributed by atoms with van der Waals surface area (Å²) in [5.74, 6) is 0.603. The van der Waals surface area contributed by atoms with Crippen molar-refractivity contribution in [1.82, 2.24) is 4.98 Å². The fraction of sp³-hybridized carbons (Fsp3) is 0. The molecule has 2 nitrogen and oxygen atoms in total. The molecule has 0 bridgehead atoms. The smallest absolute Gasteiger partial charge is 0.227 e. The Morgan fingerprint density at radius 2 is 1.94 bits per heavy atom. The third-order valence-corrected chi connectivity index (χ3v) is 2.58. The first kappa shape index (κ1) is 9.43. The number of nitrogens with zero attached hydrogens (tertiary/aromatic N) is 1.